The molecule has 0 spiro atoms. The summed E-state index contributed by atoms with van der Waals surface area (Å²) in [5, 5.41) is 12.7. The van der Waals surface area contributed by atoms with Crippen molar-refractivity contribution in [3.8, 4) is 0 Å². The summed E-state index contributed by atoms with van der Waals surface area (Å²) >= 11 is 0. The third kappa shape index (κ3) is 6.18. The minimum atomic E-state index is -1.88. The number of fused-ring (bicyclic) bond motifs is 14. The van der Waals surface area contributed by atoms with E-state index in [0.29, 0.717) is 22.3 Å². The highest BCUT2D eigenvalue weighted by Gasteiger charge is 2.42. The number of hydrogen-bond donors (Lipinski definition) is 0. The number of ether oxygens (including phenoxy) is 2. The van der Waals surface area contributed by atoms with Crippen LogP contribution in [-0.2, 0) is 9.47 Å². The molecule has 10 heteroatoms. The molecule has 2 atom stereocenters. The van der Waals surface area contributed by atoms with E-state index < -0.39 is 34.5 Å². The Morgan fingerprint density at radius 1 is 0.404 bits per heavy atom. The van der Waals surface area contributed by atoms with Gasteiger partial charge in [0.15, 0.2) is 5.79 Å². The van der Waals surface area contributed by atoms with Crippen LogP contribution in [0.3, 0.4) is 0 Å². The van der Waals surface area contributed by atoms with Gasteiger partial charge >= 0.3 is 16.5 Å². The summed E-state index contributed by atoms with van der Waals surface area (Å²) in [7, 11) is -3.77. The number of benzene rings is 8. The molecule has 282 valence electrons. The zero-order valence-electron chi connectivity index (χ0n) is 31.1. The average molecular weight is 791 g/mol. The van der Waals surface area contributed by atoms with E-state index in [1.165, 1.54) is 0 Å². The van der Waals surface area contributed by atoms with Crippen molar-refractivity contribution in [3.05, 3.63) is 146 Å². The predicted octanol–water partition coefficient (Wildman–Crippen LogP) is 13.6. The summed E-state index contributed by atoms with van der Waals surface area (Å²) in [6.07, 6.45) is -1.00. The van der Waals surface area contributed by atoms with Gasteiger partial charge in [-0.1, -0.05) is 121 Å². The average Bonchev–Trinajstić information content (AvgIpc) is 3.34. The third-order valence-corrected chi connectivity index (χ3v) is 12.8. The summed E-state index contributed by atoms with van der Waals surface area (Å²) in [5.74, 6) is -0.882. The summed E-state index contributed by atoms with van der Waals surface area (Å²) in [4.78, 5) is 0. The fraction of sp³-hybridized carbons (Fsp3) is 0.149. The maximum Gasteiger partial charge on any atom is 0.387 e. The van der Waals surface area contributed by atoms with E-state index >= 15 is 0 Å². The van der Waals surface area contributed by atoms with E-state index in [1.54, 1.807) is 0 Å². The topological polar surface area (TPSA) is 89.5 Å². The molecule has 0 N–H and O–H groups in total. The maximum atomic E-state index is 6.60. The first-order valence-corrected chi connectivity index (χ1v) is 21.2. The molecular weight excluding hydrogens is 754 g/mol. The molecule has 0 bridgehead atoms. The van der Waals surface area contributed by atoms with Crippen molar-refractivity contribution in [3.63, 3.8) is 0 Å². The molecule has 0 amide bonds. The van der Waals surface area contributed by atoms with E-state index in [9.17, 15) is 0 Å². The van der Waals surface area contributed by atoms with Crippen molar-refractivity contribution < 1.29 is 35.3 Å². The van der Waals surface area contributed by atoms with Crippen molar-refractivity contribution in [2.45, 2.75) is 31.8 Å². The van der Waals surface area contributed by atoms with Crippen LogP contribution in [-0.4, -0.2) is 31.2 Å². The van der Waals surface area contributed by atoms with Gasteiger partial charge in [-0.15, -0.1) is 0 Å². The van der Waals surface area contributed by atoms with Crippen LogP contribution >= 0.6 is 16.5 Å². The lowest BCUT2D eigenvalue weighted by Gasteiger charge is -2.16. The smallest absolute Gasteiger partial charge is 0.387 e. The van der Waals surface area contributed by atoms with Crippen LogP contribution in [0, 0.1) is 0 Å². The zero-order valence-corrected chi connectivity index (χ0v) is 32.9. The number of rotatable bonds is 6. The van der Waals surface area contributed by atoms with Gasteiger partial charge in [-0.05, 0) is 81.2 Å². The lowest BCUT2D eigenvalue weighted by atomic mass is 9.99. The van der Waals surface area contributed by atoms with Gasteiger partial charge in [-0.3, -0.25) is 9.05 Å². The van der Waals surface area contributed by atoms with E-state index in [-0.39, 0.29) is 13.2 Å². The van der Waals surface area contributed by atoms with E-state index in [1.807, 2.05) is 86.6 Å². The first-order valence-electron chi connectivity index (χ1n) is 19.0. The van der Waals surface area contributed by atoms with Gasteiger partial charge in [0.1, 0.15) is 34.5 Å². The predicted molar refractivity (Wildman–Crippen MR) is 229 cm³/mol. The molecule has 11 rings (SSSR count). The van der Waals surface area contributed by atoms with Crippen LogP contribution in [0.2, 0.25) is 0 Å². The van der Waals surface area contributed by atoms with Gasteiger partial charge in [0.05, 0.1) is 13.2 Å². The second kappa shape index (κ2) is 13.8. The Morgan fingerprint density at radius 3 is 0.982 bits per heavy atom. The lowest BCUT2D eigenvalue weighted by molar-refractivity contribution is -0.149. The fourth-order valence-corrected chi connectivity index (χ4v) is 10.3. The second-order valence-electron chi connectivity index (χ2n) is 14.8. The van der Waals surface area contributed by atoms with Crippen molar-refractivity contribution in [2.75, 3.05) is 13.2 Å². The Bertz CT molecular complexity index is 2870. The molecule has 1 fully saturated rings. The standard InChI is InChI=1S/C47H36O8P2/c1-47(2)50-41(27-48-56-52-37-23-19-29-11-3-7-15-33(29)43(37)44-34-16-8-4-12-30(34)20-24-38(44)53-56)42(51-47)28-49-57-54-39-25-21-31-13-5-9-17-35(31)45(39)46-36-18-10-6-14-32(36)22-26-40(46)55-57/h3-26,41-42H,27-28H2,1-2H3/t41-,42-/m0/s1. The highest BCUT2D eigenvalue weighted by molar-refractivity contribution is 7.32. The van der Waals surface area contributed by atoms with Gasteiger partial charge in [0, 0.05) is 21.5 Å². The first-order chi connectivity index (χ1) is 28.0. The summed E-state index contributed by atoms with van der Waals surface area (Å²) in [6.45, 7) is 4.05. The monoisotopic (exact) mass is 790 g/mol. The van der Waals surface area contributed by atoms with Gasteiger partial charge in [0.2, 0.25) is 0 Å². The molecule has 1 aliphatic rings. The Morgan fingerprint density at radius 2 is 0.684 bits per heavy atom. The van der Waals surface area contributed by atoms with Gasteiger partial charge in [-0.2, -0.15) is 0 Å². The summed E-state index contributed by atoms with van der Waals surface area (Å²) < 4.78 is 52.2. The van der Waals surface area contributed by atoms with Crippen molar-refractivity contribution in [1.29, 1.82) is 0 Å². The Balaban J connectivity index is 0.954. The van der Waals surface area contributed by atoms with Crippen LogP contribution in [0.25, 0.3) is 87.0 Å². The van der Waals surface area contributed by atoms with Crippen LogP contribution < -0.4 is 9.05 Å². The quantitative estimate of drug-likeness (QED) is 0.164. The molecule has 2 aromatic heterocycles. The van der Waals surface area contributed by atoms with Gasteiger partial charge < -0.3 is 26.3 Å². The third-order valence-electron chi connectivity index (χ3n) is 10.7. The van der Waals surface area contributed by atoms with Crippen LogP contribution in [0.5, 0.6) is 0 Å². The van der Waals surface area contributed by atoms with E-state index in [2.05, 4.69) is 72.8 Å². The minimum absolute atomic E-state index is 0.137. The maximum absolute atomic E-state index is 6.60. The SMILES string of the molecule is CC1(C)O[C@@H](COp2oc3ccc4ccccc4c3c3c(ccc4ccccc43)o2)[C@H](COp2oc3ccc4ccccc4c3c3c(ccc4ccccc43)o2)O1. The van der Waals surface area contributed by atoms with Gasteiger partial charge in [-0.25, -0.2) is 0 Å². The molecule has 8 nitrogen and oxygen atoms in total. The Labute approximate surface area is 328 Å². The number of hydrogen-bond acceptors (Lipinski definition) is 8. The van der Waals surface area contributed by atoms with E-state index in [0.717, 1.165) is 64.6 Å². The first kappa shape index (κ1) is 34.7. The largest absolute Gasteiger partial charge is 0.399 e. The molecule has 1 aliphatic heterocycles. The molecule has 8 aromatic carbocycles. The van der Waals surface area contributed by atoms with Crippen LogP contribution in [0.1, 0.15) is 13.8 Å². The molecule has 57 heavy (non-hydrogen) atoms. The molecule has 0 unspecified atom stereocenters. The van der Waals surface area contributed by atoms with Gasteiger partial charge in [0.25, 0.3) is 0 Å². The minimum Gasteiger partial charge on any atom is -0.399 e. The van der Waals surface area contributed by atoms with Crippen LogP contribution in [0.4, 0.5) is 0 Å². The highest BCUT2D eigenvalue weighted by atomic mass is 31.1. The molecular formula is C47H36O8P2. The normalized spacial score (nSPS) is 16.9. The molecule has 10 aromatic rings. The molecule has 0 radical (unpaired) electrons. The van der Waals surface area contributed by atoms with Crippen molar-refractivity contribution in [2.24, 2.45) is 0 Å². The van der Waals surface area contributed by atoms with Crippen LogP contribution in [0.15, 0.2) is 162 Å². The second-order valence-corrected chi connectivity index (χ2v) is 16.9. The summed E-state index contributed by atoms with van der Waals surface area (Å²) in [5.41, 5.74) is 2.80. The Kier molecular flexibility index (Phi) is 8.41. The highest BCUT2D eigenvalue weighted by Crippen LogP contribution is 2.43. The summed E-state index contributed by atoms with van der Waals surface area (Å²) in [6, 6.07) is 49.6. The van der Waals surface area contributed by atoms with Crippen molar-refractivity contribution in [1.82, 2.24) is 0 Å². The molecule has 0 saturated carbocycles. The zero-order chi connectivity index (χ0) is 38.1. The molecule has 1 saturated heterocycles. The molecule has 3 heterocycles. The van der Waals surface area contributed by atoms with E-state index in [4.69, 9.17) is 35.3 Å². The lowest BCUT2D eigenvalue weighted by Crippen LogP contribution is -2.33. The Hall–Kier alpha value is -5.56. The van der Waals surface area contributed by atoms with Crippen molar-refractivity contribution >= 4 is 103 Å². The fourth-order valence-electron chi connectivity index (χ4n) is 8.27. The molecule has 0 aliphatic carbocycles.